The molecule has 94 valence electrons. The molecule has 0 spiro atoms. The SMILES string of the molecule is c1ccc2c(NCC3CCNCC3)nccc2c1. The number of fused-ring (bicyclic) bond motifs is 1. The lowest BCUT2D eigenvalue weighted by Gasteiger charge is -2.23. The Hall–Kier alpha value is -1.61. The molecule has 18 heavy (non-hydrogen) atoms. The lowest BCUT2D eigenvalue weighted by molar-refractivity contribution is 0.389. The van der Waals surface area contributed by atoms with E-state index in [1.165, 1.54) is 23.6 Å². The van der Waals surface area contributed by atoms with Crippen LogP contribution in [0.25, 0.3) is 10.8 Å². The molecule has 1 aromatic carbocycles. The third-order valence-corrected chi connectivity index (χ3v) is 3.69. The third kappa shape index (κ3) is 2.46. The summed E-state index contributed by atoms with van der Waals surface area (Å²) in [6.07, 6.45) is 4.41. The van der Waals surface area contributed by atoms with E-state index in [0.29, 0.717) is 0 Å². The molecule has 0 amide bonds. The Bertz CT molecular complexity index is 513. The van der Waals surface area contributed by atoms with Crippen LogP contribution >= 0.6 is 0 Å². The first-order valence-corrected chi connectivity index (χ1v) is 6.72. The summed E-state index contributed by atoms with van der Waals surface area (Å²) in [5.74, 6) is 1.79. The van der Waals surface area contributed by atoms with Crippen LogP contribution in [0.2, 0.25) is 0 Å². The van der Waals surface area contributed by atoms with Crippen molar-refractivity contribution in [3.63, 3.8) is 0 Å². The van der Waals surface area contributed by atoms with Crippen LogP contribution in [-0.2, 0) is 0 Å². The predicted molar refractivity (Wildman–Crippen MR) is 75.8 cm³/mol. The molecule has 0 saturated carbocycles. The van der Waals surface area contributed by atoms with Gasteiger partial charge in [-0.3, -0.25) is 0 Å². The fraction of sp³-hybridized carbons (Fsp3) is 0.400. The molecule has 0 aliphatic carbocycles. The molecule has 1 saturated heterocycles. The van der Waals surface area contributed by atoms with Gasteiger partial charge in [0.05, 0.1) is 0 Å². The van der Waals surface area contributed by atoms with Gasteiger partial charge in [-0.25, -0.2) is 4.98 Å². The smallest absolute Gasteiger partial charge is 0.133 e. The minimum Gasteiger partial charge on any atom is -0.369 e. The van der Waals surface area contributed by atoms with Gasteiger partial charge in [0, 0.05) is 18.1 Å². The number of hydrogen-bond acceptors (Lipinski definition) is 3. The standard InChI is InChI=1S/C15H19N3/c1-2-4-14-13(3-1)7-10-17-15(14)18-11-12-5-8-16-9-6-12/h1-4,7,10,12,16H,5-6,8-9,11H2,(H,17,18). The highest BCUT2D eigenvalue weighted by Gasteiger charge is 2.13. The summed E-state index contributed by atoms with van der Waals surface area (Å²) < 4.78 is 0. The molecule has 0 atom stereocenters. The van der Waals surface area contributed by atoms with E-state index in [0.717, 1.165) is 31.4 Å². The van der Waals surface area contributed by atoms with Gasteiger partial charge in [0.15, 0.2) is 0 Å². The maximum atomic E-state index is 4.46. The summed E-state index contributed by atoms with van der Waals surface area (Å²) in [7, 11) is 0. The fourth-order valence-corrected chi connectivity index (χ4v) is 2.59. The van der Waals surface area contributed by atoms with Crippen LogP contribution in [0.4, 0.5) is 5.82 Å². The monoisotopic (exact) mass is 241 g/mol. The van der Waals surface area contributed by atoms with E-state index < -0.39 is 0 Å². The van der Waals surface area contributed by atoms with Crippen LogP contribution < -0.4 is 10.6 Å². The average Bonchev–Trinajstić information content (AvgIpc) is 2.46. The van der Waals surface area contributed by atoms with Crippen LogP contribution in [0.3, 0.4) is 0 Å². The first-order chi connectivity index (χ1) is 8.93. The molecule has 1 aliphatic heterocycles. The fourth-order valence-electron chi connectivity index (χ4n) is 2.59. The van der Waals surface area contributed by atoms with Crippen molar-refractivity contribution in [2.45, 2.75) is 12.8 Å². The molecular weight excluding hydrogens is 222 g/mol. The van der Waals surface area contributed by atoms with Crippen molar-refractivity contribution in [3.05, 3.63) is 36.5 Å². The number of aromatic nitrogens is 1. The summed E-state index contributed by atoms with van der Waals surface area (Å²) >= 11 is 0. The van der Waals surface area contributed by atoms with Crippen molar-refractivity contribution in [1.29, 1.82) is 0 Å². The van der Waals surface area contributed by atoms with Crippen molar-refractivity contribution in [2.24, 2.45) is 5.92 Å². The Morgan fingerprint density at radius 1 is 1.17 bits per heavy atom. The third-order valence-electron chi connectivity index (χ3n) is 3.69. The highest BCUT2D eigenvalue weighted by atomic mass is 15.0. The van der Waals surface area contributed by atoms with Gasteiger partial charge in [0.1, 0.15) is 5.82 Å². The zero-order valence-electron chi connectivity index (χ0n) is 10.5. The Balaban J connectivity index is 1.74. The Morgan fingerprint density at radius 2 is 2.00 bits per heavy atom. The molecule has 0 unspecified atom stereocenters. The second-order valence-corrected chi connectivity index (χ2v) is 4.95. The van der Waals surface area contributed by atoms with E-state index in [1.54, 1.807) is 0 Å². The number of piperidine rings is 1. The molecule has 1 aromatic heterocycles. The van der Waals surface area contributed by atoms with E-state index in [-0.39, 0.29) is 0 Å². The highest BCUT2D eigenvalue weighted by molar-refractivity contribution is 5.91. The van der Waals surface area contributed by atoms with Crippen molar-refractivity contribution >= 4 is 16.6 Å². The maximum absolute atomic E-state index is 4.46. The predicted octanol–water partition coefficient (Wildman–Crippen LogP) is 2.65. The Labute approximate surface area is 108 Å². The average molecular weight is 241 g/mol. The number of nitrogens with one attached hydrogen (secondary N) is 2. The number of rotatable bonds is 3. The zero-order valence-corrected chi connectivity index (χ0v) is 10.5. The largest absolute Gasteiger partial charge is 0.369 e. The second kappa shape index (κ2) is 5.36. The van der Waals surface area contributed by atoms with Gasteiger partial charge in [-0.1, -0.05) is 24.3 Å². The first-order valence-electron chi connectivity index (χ1n) is 6.72. The van der Waals surface area contributed by atoms with E-state index in [9.17, 15) is 0 Å². The first kappa shape index (κ1) is 11.5. The second-order valence-electron chi connectivity index (χ2n) is 4.95. The normalized spacial score (nSPS) is 16.9. The van der Waals surface area contributed by atoms with Crippen LogP contribution in [0.15, 0.2) is 36.5 Å². The number of hydrogen-bond donors (Lipinski definition) is 2. The lowest BCUT2D eigenvalue weighted by atomic mass is 9.98. The van der Waals surface area contributed by atoms with Crippen molar-refractivity contribution in [3.8, 4) is 0 Å². The zero-order chi connectivity index (χ0) is 12.2. The molecule has 0 bridgehead atoms. The number of nitrogens with zero attached hydrogens (tertiary/aromatic N) is 1. The number of pyridine rings is 1. The topological polar surface area (TPSA) is 37.0 Å². The molecule has 3 nitrogen and oxygen atoms in total. The number of anilines is 1. The minimum atomic E-state index is 0.770. The molecule has 2 N–H and O–H groups in total. The van der Waals surface area contributed by atoms with Gasteiger partial charge < -0.3 is 10.6 Å². The molecule has 1 aliphatic rings. The van der Waals surface area contributed by atoms with Crippen molar-refractivity contribution in [1.82, 2.24) is 10.3 Å². The van der Waals surface area contributed by atoms with E-state index in [2.05, 4.69) is 45.9 Å². The molecule has 2 heterocycles. The van der Waals surface area contributed by atoms with Crippen LogP contribution in [0, 0.1) is 5.92 Å². The van der Waals surface area contributed by atoms with Crippen LogP contribution in [0.5, 0.6) is 0 Å². The van der Waals surface area contributed by atoms with Crippen molar-refractivity contribution < 1.29 is 0 Å². The van der Waals surface area contributed by atoms with Crippen LogP contribution in [-0.4, -0.2) is 24.6 Å². The summed E-state index contributed by atoms with van der Waals surface area (Å²) in [6, 6.07) is 10.5. The molecule has 2 aromatic rings. The van der Waals surface area contributed by atoms with Gasteiger partial charge in [-0.15, -0.1) is 0 Å². The summed E-state index contributed by atoms with van der Waals surface area (Å²) in [5, 5.41) is 9.38. The Morgan fingerprint density at radius 3 is 2.89 bits per heavy atom. The molecular formula is C15H19N3. The van der Waals surface area contributed by atoms with Gasteiger partial charge in [0.25, 0.3) is 0 Å². The number of benzene rings is 1. The minimum absolute atomic E-state index is 0.770. The molecule has 1 fully saturated rings. The summed E-state index contributed by atoms with van der Waals surface area (Å²) in [4.78, 5) is 4.46. The van der Waals surface area contributed by atoms with Gasteiger partial charge in [-0.2, -0.15) is 0 Å². The van der Waals surface area contributed by atoms with Gasteiger partial charge >= 0.3 is 0 Å². The van der Waals surface area contributed by atoms with Gasteiger partial charge in [0.2, 0.25) is 0 Å². The maximum Gasteiger partial charge on any atom is 0.133 e. The van der Waals surface area contributed by atoms with Gasteiger partial charge in [-0.05, 0) is 43.3 Å². The molecule has 0 radical (unpaired) electrons. The quantitative estimate of drug-likeness (QED) is 0.867. The highest BCUT2D eigenvalue weighted by Crippen LogP contribution is 2.21. The van der Waals surface area contributed by atoms with Crippen LogP contribution in [0.1, 0.15) is 12.8 Å². The lowest BCUT2D eigenvalue weighted by Crippen LogP contribution is -2.31. The Kier molecular flexibility index (Phi) is 3.42. The summed E-state index contributed by atoms with van der Waals surface area (Å²) in [5.41, 5.74) is 0. The van der Waals surface area contributed by atoms with E-state index >= 15 is 0 Å². The molecule has 3 heteroatoms. The van der Waals surface area contributed by atoms with E-state index in [4.69, 9.17) is 0 Å². The summed E-state index contributed by atoms with van der Waals surface area (Å²) in [6.45, 7) is 3.33. The van der Waals surface area contributed by atoms with Crippen molar-refractivity contribution in [2.75, 3.05) is 25.0 Å². The van der Waals surface area contributed by atoms with E-state index in [1.807, 2.05) is 6.20 Å². The molecule has 3 rings (SSSR count).